The number of hydrogen-bond acceptors (Lipinski definition) is 4. The van der Waals surface area contributed by atoms with Gasteiger partial charge in [-0.05, 0) is 35.9 Å². The fraction of sp³-hybridized carbons (Fsp3) is 0.130. The van der Waals surface area contributed by atoms with Crippen LogP contribution in [0.2, 0.25) is 0 Å². The van der Waals surface area contributed by atoms with E-state index >= 15 is 0 Å². The van der Waals surface area contributed by atoms with Gasteiger partial charge in [0.15, 0.2) is 5.82 Å². The van der Waals surface area contributed by atoms with Gasteiger partial charge in [-0.1, -0.05) is 36.4 Å². The van der Waals surface area contributed by atoms with Crippen LogP contribution in [0.15, 0.2) is 77.9 Å². The van der Waals surface area contributed by atoms with Crippen LogP contribution in [0.1, 0.15) is 17.5 Å². The van der Waals surface area contributed by atoms with E-state index in [0.717, 1.165) is 17.7 Å². The lowest BCUT2D eigenvalue weighted by Gasteiger charge is -2.20. The zero-order chi connectivity index (χ0) is 22.7. The molecule has 162 valence electrons. The normalized spacial score (nSPS) is 13.8. The molecule has 0 fully saturated rings. The maximum absolute atomic E-state index is 13.0. The van der Waals surface area contributed by atoms with E-state index in [2.05, 4.69) is 15.3 Å². The van der Waals surface area contributed by atoms with Gasteiger partial charge in [-0.3, -0.25) is 14.5 Å². The Morgan fingerprint density at radius 3 is 2.56 bits per heavy atom. The second kappa shape index (κ2) is 8.62. The third kappa shape index (κ3) is 4.66. The SMILES string of the molecule is O=C(CN1C(=O)CC(c2ccccc2)=Nc2cccnc21)Nc1cccc(C(F)(F)F)c1. The van der Waals surface area contributed by atoms with Crippen LogP contribution < -0.4 is 10.2 Å². The number of nitrogens with one attached hydrogen (secondary N) is 1. The van der Waals surface area contributed by atoms with Gasteiger partial charge in [-0.25, -0.2) is 9.98 Å². The molecule has 6 nitrogen and oxygen atoms in total. The van der Waals surface area contributed by atoms with Crippen molar-refractivity contribution in [3.05, 3.63) is 84.1 Å². The quantitative estimate of drug-likeness (QED) is 0.647. The number of fused-ring (bicyclic) bond motifs is 1. The van der Waals surface area contributed by atoms with E-state index in [1.165, 1.54) is 23.2 Å². The van der Waals surface area contributed by atoms with Crippen LogP contribution in [0, 0.1) is 0 Å². The molecular formula is C23H17F3N4O2. The standard InChI is InChI=1S/C23H17F3N4O2/c24-23(25,26)16-8-4-9-17(12-16)28-20(31)14-30-21(32)13-19(15-6-2-1-3-7-15)29-18-10-5-11-27-22(18)30/h1-12H,13-14H2,(H,28,31). The van der Waals surface area contributed by atoms with Crippen molar-refractivity contribution in [2.75, 3.05) is 16.8 Å². The third-order valence-corrected chi connectivity index (χ3v) is 4.78. The molecule has 0 radical (unpaired) electrons. The molecular weight excluding hydrogens is 421 g/mol. The molecule has 0 bridgehead atoms. The Bertz CT molecular complexity index is 1190. The number of benzene rings is 2. The van der Waals surface area contributed by atoms with E-state index in [0.29, 0.717) is 11.4 Å². The zero-order valence-electron chi connectivity index (χ0n) is 16.6. The highest BCUT2D eigenvalue weighted by Crippen LogP contribution is 2.32. The number of anilines is 2. The maximum atomic E-state index is 13.0. The minimum atomic E-state index is -4.53. The number of pyridine rings is 1. The average Bonchev–Trinajstić information content (AvgIpc) is 2.91. The number of nitrogens with zero attached hydrogens (tertiary/aromatic N) is 3. The summed E-state index contributed by atoms with van der Waals surface area (Å²) in [5.74, 6) is -0.843. The number of amides is 2. The Morgan fingerprint density at radius 2 is 1.81 bits per heavy atom. The molecule has 4 rings (SSSR count). The van der Waals surface area contributed by atoms with E-state index in [9.17, 15) is 22.8 Å². The van der Waals surface area contributed by atoms with Crippen molar-refractivity contribution in [2.24, 2.45) is 4.99 Å². The van der Waals surface area contributed by atoms with E-state index in [1.54, 1.807) is 12.1 Å². The summed E-state index contributed by atoms with van der Waals surface area (Å²) in [5.41, 5.74) is 0.823. The number of rotatable bonds is 4. The number of aromatic nitrogens is 1. The van der Waals surface area contributed by atoms with Crippen molar-refractivity contribution in [2.45, 2.75) is 12.6 Å². The number of carbonyl (C=O) groups excluding carboxylic acids is 2. The summed E-state index contributed by atoms with van der Waals surface area (Å²) in [6.07, 6.45) is -3.11. The van der Waals surface area contributed by atoms with Crippen molar-refractivity contribution >= 4 is 34.7 Å². The fourth-order valence-electron chi connectivity index (χ4n) is 3.30. The lowest BCUT2D eigenvalue weighted by atomic mass is 10.1. The van der Waals surface area contributed by atoms with Crippen molar-refractivity contribution in [3.8, 4) is 0 Å². The van der Waals surface area contributed by atoms with Crippen LogP contribution in [-0.2, 0) is 15.8 Å². The first-order valence-electron chi connectivity index (χ1n) is 9.67. The highest BCUT2D eigenvalue weighted by molar-refractivity contribution is 6.18. The van der Waals surface area contributed by atoms with Crippen LogP contribution in [0.3, 0.4) is 0 Å². The lowest BCUT2D eigenvalue weighted by molar-refractivity contribution is -0.137. The number of hydrogen-bond donors (Lipinski definition) is 1. The van der Waals surface area contributed by atoms with Gasteiger partial charge in [0.2, 0.25) is 11.8 Å². The van der Waals surface area contributed by atoms with Gasteiger partial charge in [-0.2, -0.15) is 13.2 Å². The molecule has 1 aliphatic rings. The van der Waals surface area contributed by atoms with E-state index in [-0.39, 0.29) is 17.9 Å². The molecule has 3 aromatic rings. The molecule has 0 unspecified atom stereocenters. The summed E-state index contributed by atoms with van der Waals surface area (Å²) in [4.78, 5) is 35.6. The molecule has 2 heterocycles. The van der Waals surface area contributed by atoms with Gasteiger partial charge in [0, 0.05) is 11.9 Å². The Kier molecular flexibility index (Phi) is 5.72. The molecule has 2 aromatic carbocycles. The highest BCUT2D eigenvalue weighted by atomic mass is 19.4. The smallest absolute Gasteiger partial charge is 0.325 e. The fourth-order valence-corrected chi connectivity index (χ4v) is 3.30. The summed E-state index contributed by atoms with van der Waals surface area (Å²) in [6.45, 7) is -0.420. The molecule has 1 aromatic heterocycles. The van der Waals surface area contributed by atoms with Crippen molar-refractivity contribution in [1.82, 2.24) is 4.98 Å². The van der Waals surface area contributed by atoms with Crippen LogP contribution in [0.4, 0.5) is 30.4 Å². The number of carbonyl (C=O) groups is 2. The highest BCUT2D eigenvalue weighted by Gasteiger charge is 2.31. The molecule has 0 spiro atoms. The zero-order valence-corrected chi connectivity index (χ0v) is 16.6. The minimum absolute atomic E-state index is 0.0189. The molecule has 32 heavy (non-hydrogen) atoms. The average molecular weight is 438 g/mol. The van der Waals surface area contributed by atoms with E-state index in [4.69, 9.17) is 0 Å². The number of halogens is 3. The van der Waals surface area contributed by atoms with Gasteiger partial charge in [-0.15, -0.1) is 0 Å². The Labute approximate surface area is 181 Å². The summed E-state index contributed by atoms with van der Waals surface area (Å²) in [6, 6.07) is 16.8. The third-order valence-electron chi connectivity index (χ3n) is 4.78. The topological polar surface area (TPSA) is 74.7 Å². The molecule has 0 saturated heterocycles. The number of alkyl halides is 3. The van der Waals surface area contributed by atoms with Crippen molar-refractivity contribution in [3.63, 3.8) is 0 Å². The lowest BCUT2D eigenvalue weighted by Crippen LogP contribution is -2.39. The molecule has 1 N–H and O–H groups in total. The Morgan fingerprint density at radius 1 is 1.03 bits per heavy atom. The van der Waals surface area contributed by atoms with Gasteiger partial charge < -0.3 is 5.32 Å². The monoisotopic (exact) mass is 438 g/mol. The molecule has 0 atom stereocenters. The van der Waals surface area contributed by atoms with Crippen LogP contribution >= 0.6 is 0 Å². The van der Waals surface area contributed by atoms with E-state index in [1.807, 2.05) is 30.3 Å². The summed E-state index contributed by atoms with van der Waals surface area (Å²) in [5, 5.41) is 2.42. The summed E-state index contributed by atoms with van der Waals surface area (Å²) < 4.78 is 38.8. The molecule has 0 saturated carbocycles. The van der Waals surface area contributed by atoms with E-state index < -0.39 is 30.1 Å². The first-order valence-corrected chi connectivity index (χ1v) is 9.67. The van der Waals surface area contributed by atoms with Gasteiger partial charge in [0.05, 0.1) is 17.7 Å². The van der Waals surface area contributed by atoms with Crippen LogP contribution in [-0.4, -0.2) is 29.1 Å². The molecule has 1 aliphatic heterocycles. The van der Waals surface area contributed by atoms with Crippen molar-refractivity contribution in [1.29, 1.82) is 0 Å². The largest absolute Gasteiger partial charge is 0.416 e. The molecule has 9 heteroatoms. The van der Waals surface area contributed by atoms with Crippen molar-refractivity contribution < 1.29 is 22.8 Å². The first-order chi connectivity index (χ1) is 15.3. The van der Waals surface area contributed by atoms with Gasteiger partial charge >= 0.3 is 6.18 Å². The van der Waals surface area contributed by atoms with Gasteiger partial charge in [0.25, 0.3) is 0 Å². The molecule has 2 amide bonds. The Hall–Kier alpha value is -4.01. The molecule has 0 aliphatic carbocycles. The first kappa shape index (κ1) is 21.2. The Balaban J connectivity index is 1.57. The van der Waals surface area contributed by atoms with Crippen LogP contribution in [0.5, 0.6) is 0 Å². The maximum Gasteiger partial charge on any atom is 0.416 e. The number of aliphatic imine (C=N–C) groups is 1. The van der Waals surface area contributed by atoms with Crippen LogP contribution in [0.25, 0.3) is 0 Å². The van der Waals surface area contributed by atoms with Gasteiger partial charge in [0.1, 0.15) is 12.2 Å². The summed E-state index contributed by atoms with van der Waals surface area (Å²) in [7, 11) is 0. The summed E-state index contributed by atoms with van der Waals surface area (Å²) >= 11 is 0. The second-order valence-corrected chi connectivity index (χ2v) is 7.05. The second-order valence-electron chi connectivity index (χ2n) is 7.05. The predicted molar refractivity (Wildman–Crippen MR) is 114 cm³/mol. The minimum Gasteiger partial charge on any atom is -0.325 e. The predicted octanol–water partition coefficient (Wildman–Crippen LogP) is 4.60.